The van der Waals surface area contributed by atoms with E-state index in [1.807, 2.05) is 53.1 Å². The molecule has 6 heteroatoms. The molecule has 3 aromatic rings. The number of hydrogen-bond acceptors (Lipinski definition) is 4. The molecule has 0 N–H and O–H groups in total. The molecule has 1 aromatic heterocycles. The molecule has 0 atom stereocenters. The van der Waals surface area contributed by atoms with Gasteiger partial charge in [-0.05, 0) is 60.5 Å². The van der Waals surface area contributed by atoms with E-state index >= 15 is 0 Å². The Bertz CT molecular complexity index is 1110. The summed E-state index contributed by atoms with van der Waals surface area (Å²) in [6, 6.07) is 15.5. The maximum absolute atomic E-state index is 13.1. The van der Waals surface area contributed by atoms with Gasteiger partial charge in [-0.1, -0.05) is 51.1 Å². The number of benzene rings is 2. The van der Waals surface area contributed by atoms with Crippen LogP contribution in [0.15, 0.2) is 54.6 Å². The Morgan fingerprint density at radius 3 is 2.59 bits per heavy atom. The maximum Gasteiger partial charge on any atom is 0.221 e. The van der Waals surface area contributed by atoms with Crippen LogP contribution in [0.5, 0.6) is 5.75 Å². The normalized spacial score (nSPS) is 12.6. The van der Waals surface area contributed by atoms with E-state index in [4.69, 9.17) is 9.16 Å². The summed E-state index contributed by atoms with van der Waals surface area (Å²) in [5.74, 6) is 1.10. The van der Waals surface area contributed by atoms with Gasteiger partial charge in [0.25, 0.3) is 0 Å². The first-order chi connectivity index (χ1) is 15.1. The first kappa shape index (κ1) is 23.9. The maximum atomic E-state index is 13.1. The molecule has 0 aliphatic carbocycles. The number of nitrogens with zero attached hydrogens (tertiary/aromatic N) is 2. The van der Waals surface area contributed by atoms with Gasteiger partial charge < -0.3 is 13.7 Å². The molecule has 0 spiro atoms. The van der Waals surface area contributed by atoms with E-state index < -0.39 is 8.32 Å². The topological polar surface area (TPSA) is 53.3 Å². The summed E-state index contributed by atoms with van der Waals surface area (Å²) < 4.78 is 13.6. The molecule has 0 unspecified atom stereocenters. The fourth-order valence-electron chi connectivity index (χ4n) is 3.25. The van der Waals surface area contributed by atoms with Gasteiger partial charge >= 0.3 is 0 Å². The Hall–Kier alpha value is -2.70. The molecule has 2 aromatic carbocycles. The summed E-state index contributed by atoms with van der Waals surface area (Å²) in [7, 11) is -0.157. The number of rotatable bonds is 9. The Morgan fingerprint density at radius 1 is 1.12 bits per heavy atom. The summed E-state index contributed by atoms with van der Waals surface area (Å²) in [4.78, 5) is 17.7. The average molecular weight is 451 g/mol. The van der Waals surface area contributed by atoms with Gasteiger partial charge in [0.1, 0.15) is 5.75 Å². The molecule has 0 radical (unpaired) electrons. The van der Waals surface area contributed by atoms with E-state index in [2.05, 4.69) is 38.8 Å². The zero-order valence-corrected chi connectivity index (χ0v) is 21.0. The lowest BCUT2D eigenvalue weighted by Crippen LogP contribution is -2.41. The highest BCUT2D eigenvalue weighted by Gasteiger charge is 2.36. The minimum Gasteiger partial charge on any atom is -0.497 e. The van der Waals surface area contributed by atoms with Gasteiger partial charge in [0.05, 0.1) is 18.1 Å². The van der Waals surface area contributed by atoms with Gasteiger partial charge in [0.15, 0.2) is 14.1 Å². The van der Waals surface area contributed by atoms with E-state index in [0.717, 1.165) is 28.8 Å². The number of ketones is 1. The van der Waals surface area contributed by atoms with E-state index in [-0.39, 0.29) is 10.8 Å². The number of ether oxygens (including phenoxy) is 1. The van der Waals surface area contributed by atoms with Crippen LogP contribution in [0, 0.1) is 0 Å². The van der Waals surface area contributed by atoms with Crippen molar-refractivity contribution < 1.29 is 14.0 Å². The van der Waals surface area contributed by atoms with Crippen molar-refractivity contribution in [3.05, 3.63) is 66.0 Å². The predicted octanol–water partition coefficient (Wildman–Crippen LogP) is 6.35. The number of methoxy groups -OCH3 is 1. The van der Waals surface area contributed by atoms with Crippen LogP contribution in [-0.2, 0) is 11.0 Å². The fraction of sp³-hybridized carbons (Fsp3) is 0.385. The van der Waals surface area contributed by atoms with Crippen LogP contribution in [0.3, 0.4) is 0 Å². The number of carbonyl (C=O) groups is 1. The Kier molecular flexibility index (Phi) is 7.36. The van der Waals surface area contributed by atoms with E-state index in [9.17, 15) is 4.79 Å². The zero-order chi connectivity index (χ0) is 23.4. The largest absolute Gasteiger partial charge is 0.497 e. The standard InChI is InChI=1S/C26H34N2O3Si/c1-26(2,3)32(5,6)31-18-10-17-28-23-14-8-7-13-22(23)27-25(28)24(29)16-15-20-11-9-12-21(19-20)30-4/h7-9,11-16,19H,10,17-18H2,1-6H3/b16-15+. The number of carbonyl (C=O) groups excluding carboxylic acids is 1. The average Bonchev–Trinajstić information content (AvgIpc) is 3.13. The number of hydrogen-bond donors (Lipinski definition) is 0. The molecular formula is C26H34N2O3Si. The van der Waals surface area contributed by atoms with Gasteiger partial charge in [-0.15, -0.1) is 0 Å². The molecule has 0 saturated carbocycles. The number of allylic oxidation sites excluding steroid dienone is 1. The van der Waals surface area contributed by atoms with Crippen molar-refractivity contribution in [2.24, 2.45) is 0 Å². The third-order valence-electron chi connectivity index (χ3n) is 6.19. The van der Waals surface area contributed by atoms with Crippen LogP contribution < -0.4 is 4.74 Å². The smallest absolute Gasteiger partial charge is 0.221 e. The van der Waals surface area contributed by atoms with Crippen molar-refractivity contribution in [3.8, 4) is 5.75 Å². The van der Waals surface area contributed by atoms with Crippen LogP contribution in [-0.4, -0.2) is 37.4 Å². The minimum absolute atomic E-state index is 0.116. The van der Waals surface area contributed by atoms with Crippen LogP contribution in [0.2, 0.25) is 18.1 Å². The second-order valence-electron chi connectivity index (χ2n) is 9.51. The van der Waals surface area contributed by atoms with E-state index in [0.29, 0.717) is 19.0 Å². The van der Waals surface area contributed by atoms with Crippen molar-refractivity contribution in [2.45, 2.75) is 51.9 Å². The molecule has 0 aliphatic rings. The highest BCUT2D eigenvalue weighted by molar-refractivity contribution is 6.74. The second-order valence-corrected chi connectivity index (χ2v) is 14.3. The van der Waals surface area contributed by atoms with Crippen molar-refractivity contribution >= 4 is 31.2 Å². The van der Waals surface area contributed by atoms with E-state index in [1.165, 1.54) is 0 Å². The number of aryl methyl sites for hydroxylation is 1. The van der Waals surface area contributed by atoms with Gasteiger partial charge in [0.2, 0.25) is 5.78 Å². The van der Waals surface area contributed by atoms with Gasteiger partial charge in [-0.25, -0.2) is 4.98 Å². The first-order valence-corrected chi connectivity index (χ1v) is 14.0. The molecule has 170 valence electrons. The summed E-state index contributed by atoms with van der Waals surface area (Å²) in [6.07, 6.45) is 4.21. The zero-order valence-electron chi connectivity index (χ0n) is 20.0. The quantitative estimate of drug-likeness (QED) is 0.165. The lowest BCUT2D eigenvalue weighted by molar-refractivity contribution is 0.103. The number of para-hydroxylation sites is 2. The van der Waals surface area contributed by atoms with Crippen LogP contribution in [0.4, 0.5) is 0 Å². The van der Waals surface area contributed by atoms with Crippen LogP contribution in [0.25, 0.3) is 17.1 Å². The summed E-state index contributed by atoms with van der Waals surface area (Å²) in [6.45, 7) is 12.6. The predicted molar refractivity (Wildman–Crippen MR) is 134 cm³/mol. The van der Waals surface area contributed by atoms with Crippen molar-refractivity contribution in [1.82, 2.24) is 9.55 Å². The summed E-state index contributed by atoms with van der Waals surface area (Å²) in [5.41, 5.74) is 2.71. The minimum atomic E-state index is -1.79. The van der Waals surface area contributed by atoms with Crippen molar-refractivity contribution in [2.75, 3.05) is 13.7 Å². The van der Waals surface area contributed by atoms with Gasteiger partial charge in [-0.2, -0.15) is 0 Å². The van der Waals surface area contributed by atoms with Gasteiger partial charge in [-0.3, -0.25) is 4.79 Å². The third kappa shape index (κ3) is 5.55. The van der Waals surface area contributed by atoms with Crippen LogP contribution >= 0.6 is 0 Å². The Balaban J connectivity index is 1.78. The molecule has 0 saturated heterocycles. The number of fused-ring (bicyclic) bond motifs is 1. The van der Waals surface area contributed by atoms with E-state index in [1.54, 1.807) is 19.3 Å². The van der Waals surface area contributed by atoms with Crippen molar-refractivity contribution in [1.29, 1.82) is 0 Å². The molecule has 0 aliphatic heterocycles. The Labute approximate surface area is 192 Å². The fourth-order valence-corrected chi connectivity index (χ4v) is 4.34. The van der Waals surface area contributed by atoms with Crippen LogP contribution in [0.1, 0.15) is 43.4 Å². The highest BCUT2D eigenvalue weighted by Crippen LogP contribution is 2.36. The third-order valence-corrected chi connectivity index (χ3v) is 10.7. The molecule has 3 rings (SSSR count). The number of aromatic nitrogens is 2. The number of imidazole rings is 1. The molecule has 0 amide bonds. The Morgan fingerprint density at radius 2 is 1.88 bits per heavy atom. The molecule has 0 fully saturated rings. The van der Waals surface area contributed by atoms with Gasteiger partial charge in [0, 0.05) is 13.2 Å². The lowest BCUT2D eigenvalue weighted by atomic mass is 10.2. The lowest BCUT2D eigenvalue weighted by Gasteiger charge is -2.36. The summed E-state index contributed by atoms with van der Waals surface area (Å²) >= 11 is 0. The molecule has 1 heterocycles. The first-order valence-electron chi connectivity index (χ1n) is 11.1. The molecular weight excluding hydrogens is 416 g/mol. The summed E-state index contributed by atoms with van der Waals surface area (Å²) in [5, 5.41) is 0.181. The monoisotopic (exact) mass is 450 g/mol. The molecule has 0 bridgehead atoms. The van der Waals surface area contributed by atoms with Crippen molar-refractivity contribution in [3.63, 3.8) is 0 Å². The molecule has 32 heavy (non-hydrogen) atoms. The second kappa shape index (κ2) is 9.84. The SMILES string of the molecule is COc1cccc(/C=C/C(=O)c2nc3ccccc3n2CCCO[Si](C)(C)C(C)(C)C)c1. The highest BCUT2D eigenvalue weighted by atomic mass is 28.4. The molecule has 5 nitrogen and oxygen atoms in total.